The highest BCUT2D eigenvalue weighted by Gasteiger charge is 2.35. The van der Waals surface area contributed by atoms with Crippen LogP contribution < -0.4 is 5.56 Å². The maximum atomic E-state index is 14.0. The van der Waals surface area contributed by atoms with Gasteiger partial charge in [0, 0.05) is 61.9 Å². The second-order valence-corrected chi connectivity index (χ2v) is 7.49. The van der Waals surface area contributed by atoms with Crippen molar-refractivity contribution < 1.29 is 4.39 Å². The second-order valence-electron chi connectivity index (χ2n) is 7.49. The third-order valence-electron chi connectivity index (χ3n) is 5.68. The number of aromatic nitrogens is 4. The molecule has 1 N–H and O–H groups in total. The van der Waals surface area contributed by atoms with E-state index in [9.17, 15) is 9.18 Å². The molecule has 3 aromatic heterocycles. The summed E-state index contributed by atoms with van der Waals surface area (Å²) in [6, 6.07) is 5.67. The standard InChI is InChI=1S/C20H20FN5O/c21-17-8-22-4-3-14(17)11-25-9-13-7-15(12-25)18-2-1-16(19-23-5-6-24-19)20(27)26(18)10-13/h1-6,8,13,15H,7,9-12H2,(H,23,24)/t13-,15+/m0/s1. The summed E-state index contributed by atoms with van der Waals surface area (Å²) in [5.74, 6) is 1.04. The number of aromatic amines is 1. The van der Waals surface area contributed by atoms with Crippen LogP contribution in [-0.2, 0) is 13.1 Å². The molecule has 6 nitrogen and oxygen atoms in total. The number of imidazole rings is 1. The molecule has 1 saturated heterocycles. The van der Waals surface area contributed by atoms with Gasteiger partial charge in [-0.2, -0.15) is 0 Å². The van der Waals surface area contributed by atoms with Crippen LogP contribution in [0.25, 0.3) is 11.4 Å². The van der Waals surface area contributed by atoms with Crippen molar-refractivity contribution in [2.75, 3.05) is 13.1 Å². The van der Waals surface area contributed by atoms with Crippen molar-refractivity contribution in [3.63, 3.8) is 0 Å². The van der Waals surface area contributed by atoms with Crippen LogP contribution in [0.2, 0.25) is 0 Å². The largest absolute Gasteiger partial charge is 0.344 e. The van der Waals surface area contributed by atoms with Crippen LogP contribution in [0.15, 0.2) is 47.8 Å². The molecule has 2 bridgehead atoms. The summed E-state index contributed by atoms with van der Waals surface area (Å²) in [5.41, 5.74) is 2.38. The van der Waals surface area contributed by atoms with Crippen LogP contribution in [0.3, 0.4) is 0 Å². The Hall–Kier alpha value is -2.80. The number of nitrogens with zero attached hydrogens (tertiary/aromatic N) is 4. The van der Waals surface area contributed by atoms with E-state index in [-0.39, 0.29) is 11.4 Å². The Morgan fingerprint density at radius 3 is 2.93 bits per heavy atom. The van der Waals surface area contributed by atoms with Crippen LogP contribution >= 0.6 is 0 Å². The van der Waals surface area contributed by atoms with Gasteiger partial charge in [0.25, 0.3) is 5.56 Å². The number of hydrogen-bond acceptors (Lipinski definition) is 4. The van der Waals surface area contributed by atoms with Gasteiger partial charge in [-0.25, -0.2) is 9.37 Å². The normalized spacial score (nSPS) is 21.8. The zero-order chi connectivity index (χ0) is 18.4. The molecular formula is C20H20FN5O. The zero-order valence-corrected chi connectivity index (χ0v) is 14.8. The molecule has 0 radical (unpaired) electrons. The maximum absolute atomic E-state index is 14.0. The number of nitrogens with one attached hydrogen (secondary N) is 1. The Kier molecular flexibility index (Phi) is 3.89. The van der Waals surface area contributed by atoms with E-state index in [1.54, 1.807) is 24.7 Å². The number of fused-ring (bicyclic) bond motifs is 4. The third kappa shape index (κ3) is 2.88. The minimum Gasteiger partial charge on any atom is -0.344 e. The molecule has 3 aromatic rings. The molecule has 0 aliphatic carbocycles. The number of likely N-dealkylation sites (tertiary alicyclic amines) is 1. The summed E-state index contributed by atoms with van der Waals surface area (Å²) < 4.78 is 15.9. The van der Waals surface area contributed by atoms with E-state index in [1.165, 1.54) is 6.20 Å². The van der Waals surface area contributed by atoms with Gasteiger partial charge in [-0.15, -0.1) is 0 Å². The molecule has 27 heavy (non-hydrogen) atoms. The first-order chi connectivity index (χ1) is 13.2. The summed E-state index contributed by atoms with van der Waals surface area (Å²) in [4.78, 5) is 26.4. The van der Waals surface area contributed by atoms with Crippen LogP contribution in [0, 0.1) is 11.7 Å². The smallest absolute Gasteiger partial charge is 0.261 e. The lowest BCUT2D eigenvalue weighted by molar-refractivity contribution is 0.113. The number of halogens is 1. The highest BCUT2D eigenvalue weighted by atomic mass is 19.1. The number of piperidine rings is 1. The van der Waals surface area contributed by atoms with Crippen molar-refractivity contribution in [2.24, 2.45) is 5.92 Å². The molecule has 1 fully saturated rings. The van der Waals surface area contributed by atoms with E-state index >= 15 is 0 Å². The molecule has 0 aromatic carbocycles. The summed E-state index contributed by atoms with van der Waals surface area (Å²) in [6.07, 6.45) is 7.36. The van der Waals surface area contributed by atoms with Crippen LogP contribution in [0.1, 0.15) is 23.6 Å². The predicted molar refractivity (Wildman–Crippen MR) is 98.6 cm³/mol. The first-order valence-corrected chi connectivity index (χ1v) is 9.23. The number of hydrogen-bond donors (Lipinski definition) is 1. The maximum Gasteiger partial charge on any atom is 0.261 e. The van der Waals surface area contributed by atoms with Crippen molar-refractivity contribution in [3.05, 3.63) is 70.4 Å². The molecule has 5 heterocycles. The van der Waals surface area contributed by atoms with Gasteiger partial charge >= 0.3 is 0 Å². The molecule has 0 amide bonds. The van der Waals surface area contributed by atoms with Crippen molar-refractivity contribution in [2.45, 2.75) is 25.4 Å². The number of H-pyrrole nitrogens is 1. The molecule has 2 aliphatic rings. The summed E-state index contributed by atoms with van der Waals surface area (Å²) in [7, 11) is 0. The summed E-state index contributed by atoms with van der Waals surface area (Å²) >= 11 is 0. The monoisotopic (exact) mass is 365 g/mol. The average Bonchev–Trinajstić information content (AvgIpc) is 3.19. The average molecular weight is 365 g/mol. The lowest BCUT2D eigenvalue weighted by atomic mass is 9.82. The minimum absolute atomic E-state index is 0.0192. The summed E-state index contributed by atoms with van der Waals surface area (Å²) in [6.45, 7) is 2.98. The molecule has 2 atom stereocenters. The Morgan fingerprint density at radius 2 is 2.11 bits per heavy atom. The van der Waals surface area contributed by atoms with E-state index in [0.29, 0.717) is 41.9 Å². The van der Waals surface area contributed by atoms with Gasteiger partial charge in [-0.1, -0.05) is 0 Å². The van der Waals surface area contributed by atoms with E-state index < -0.39 is 0 Å². The molecule has 0 saturated carbocycles. The minimum atomic E-state index is -0.257. The zero-order valence-electron chi connectivity index (χ0n) is 14.8. The highest BCUT2D eigenvalue weighted by Crippen LogP contribution is 2.36. The van der Waals surface area contributed by atoms with E-state index in [2.05, 4.69) is 25.9 Å². The first kappa shape index (κ1) is 16.4. The van der Waals surface area contributed by atoms with Gasteiger partial charge in [-0.3, -0.25) is 14.7 Å². The predicted octanol–water partition coefficient (Wildman–Crippen LogP) is 2.39. The fourth-order valence-corrected chi connectivity index (χ4v) is 4.54. The second kappa shape index (κ2) is 6.42. The molecule has 2 aliphatic heterocycles. The van der Waals surface area contributed by atoms with Gasteiger partial charge < -0.3 is 9.55 Å². The van der Waals surface area contributed by atoms with E-state index in [1.807, 2.05) is 10.6 Å². The topological polar surface area (TPSA) is 66.8 Å². The molecular weight excluding hydrogens is 345 g/mol. The Labute approximate surface area is 155 Å². The van der Waals surface area contributed by atoms with Crippen molar-refractivity contribution >= 4 is 0 Å². The number of rotatable bonds is 3. The highest BCUT2D eigenvalue weighted by molar-refractivity contribution is 5.53. The van der Waals surface area contributed by atoms with Gasteiger partial charge in [-0.05, 0) is 30.5 Å². The van der Waals surface area contributed by atoms with Crippen molar-refractivity contribution in [3.8, 4) is 11.4 Å². The fraction of sp³-hybridized carbons (Fsp3) is 0.350. The van der Waals surface area contributed by atoms with E-state index in [0.717, 1.165) is 25.2 Å². The number of pyridine rings is 2. The van der Waals surface area contributed by atoms with E-state index in [4.69, 9.17) is 0 Å². The molecule has 0 spiro atoms. The van der Waals surface area contributed by atoms with Crippen LogP contribution in [0.5, 0.6) is 0 Å². The van der Waals surface area contributed by atoms with Gasteiger partial charge in [0.05, 0.1) is 11.8 Å². The molecule has 0 unspecified atom stereocenters. The Bertz CT molecular complexity index is 1030. The summed E-state index contributed by atoms with van der Waals surface area (Å²) in [5, 5.41) is 0. The third-order valence-corrected chi connectivity index (χ3v) is 5.68. The molecule has 138 valence electrons. The van der Waals surface area contributed by atoms with Gasteiger partial charge in [0.15, 0.2) is 0 Å². The van der Waals surface area contributed by atoms with Crippen molar-refractivity contribution in [1.29, 1.82) is 0 Å². The molecule has 7 heteroatoms. The Morgan fingerprint density at radius 1 is 1.19 bits per heavy atom. The van der Waals surface area contributed by atoms with Crippen molar-refractivity contribution in [1.82, 2.24) is 24.4 Å². The lowest BCUT2D eigenvalue weighted by Crippen LogP contribution is -2.47. The van der Waals surface area contributed by atoms with Crippen LogP contribution in [0.4, 0.5) is 4.39 Å². The lowest BCUT2D eigenvalue weighted by Gasteiger charge is -2.43. The molecule has 5 rings (SSSR count). The quantitative estimate of drug-likeness (QED) is 0.774. The Balaban J connectivity index is 1.44. The fourth-order valence-electron chi connectivity index (χ4n) is 4.54. The first-order valence-electron chi connectivity index (χ1n) is 9.23. The SMILES string of the molecule is O=c1c(-c2ncc[nH]2)ccc2n1C[C@H]1C[C@@H]2CN(Cc2ccncc2F)C1. The van der Waals surface area contributed by atoms with Gasteiger partial charge in [0.1, 0.15) is 11.6 Å². The van der Waals surface area contributed by atoms with Gasteiger partial charge in [0.2, 0.25) is 0 Å². The van der Waals surface area contributed by atoms with Crippen LogP contribution in [-0.4, -0.2) is 37.5 Å².